The summed E-state index contributed by atoms with van der Waals surface area (Å²) in [5.74, 6) is -2.12. The summed E-state index contributed by atoms with van der Waals surface area (Å²) in [5.41, 5.74) is 0.173. The van der Waals surface area contributed by atoms with Gasteiger partial charge >= 0.3 is 5.97 Å². The Hall–Kier alpha value is -2.02. The standard InChI is InChI=1S/C12H14FN3O3/c1-7(19-2)5-6-16-11-9(14-15-16)4-3-8(13)10(11)12(17)18/h3-4,7H,5-6H2,1-2H3,(H,17,18). The lowest BCUT2D eigenvalue weighted by Gasteiger charge is -2.09. The van der Waals surface area contributed by atoms with Crippen LogP contribution in [0.4, 0.5) is 4.39 Å². The van der Waals surface area contributed by atoms with E-state index in [1.165, 1.54) is 10.7 Å². The number of carboxylic acids is 1. The fraction of sp³-hybridized carbons (Fsp3) is 0.417. The third kappa shape index (κ3) is 2.55. The number of aromatic carboxylic acids is 1. The maximum Gasteiger partial charge on any atom is 0.340 e. The van der Waals surface area contributed by atoms with Crippen LogP contribution in [-0.2, 0) is 11.3 Å². The van der Waals surface area contributed by atoms with Crippen molar-refractivity contribution in [2.45, 2.75) is 26.0 Å². The average Bonchev–Trinajstić information content (AvgIpc) is 2.78. The van der Waals surface area contributed by atoms with Gasteiger partial charge in [0.1, 0.15) is 22.4 Å². The number of fused-ring (bicyclic) bond motifs is 1. The summed E-state index contributed by atoms with van der Waals surface area (Å²) in [7, 11) is 1.59. The van der Waals surface area contributed by atoms with Crippen molar-refractivity contribution in [3.05, 3.63) is 23.5 Å². The average molecular weight is 267 g/mol. The normalized spacial score (nSPS) is 12.8. The van der Waals surface area contributed by atoms with Crippen molar-refractivity contribution in [1.29, 1.82) is 0 Å². The van der Waals surface area contributed by atoms with Gasteiger partial charge < -0.3 is 9.84 Å². The van der Waals surface area contributed by atoms with Crippen LogP contribution in [0.3, 0.4) is 0 Å². The van der Waals surface area contributed by atoms with Crippen LogP contribution in [0.2, 0.25) is 0 Å². The number of carboxylic acid groups (broad SMARTS) is 1. The van der Waals surface area contributed by atoms with Gasteiger partial charge in [0.15, 0.2) is 0 Å². The van der Waals surface area contributed by atoms with E-state index in [0.29, 0.717) is 18.5 Å². The smallest absolute Gasteiger partial charge is 0.340 e. The molecule has 0 bridgehead atoms. The van der Waals surface area contributed by atoms with Gasteiger partial charge in [0.25, 0.3) is 0 Å². The van der Waals surface area contributed by atoms with Crippen LogP contribution in [0.1, 0.15) is 23.7 Å². The number of halogens is 1. The summed E-state index contributed by atoms with van der Waals surface area (Å²) in [6.07, 6.45) is 0.631. The van der Waals surface area contributed by atoms with E-state index < -0.39 is 17.3 Å². The van der Waals surface area contributed by atoms with E-state index in [1.54, 1.807) is 7.11 Å². The summed E-state index contributed by atoms with van der Waals surface area (Å²) in [6.45, 7) is 2.30. The van der Waals surface area contributed by atoms with Gasteiger partial charge in [-0.25, -0.2) is 13.9 Å². The lowest BCUT2D eigenvalue weighted by molar-refractivity contribution is 0.0693. The molecule has 6 nitrogen and oxygen atoms in total. The molecule has 1 atom stereocenters. The first-order valence-corrected chi connectivity index (χ1v) is 5.82. The number of hydrogen-bond donors (Lipinski definition) is 1. The monoisotopic (exact) mass is 267 g/mol. The molecule has 7 heteroatoms. The van der Waals surface area contributed by atoms with Crippen molar-refractivity contribution >= 4 is 17.0 Å². The lowest BCUT2D eigenvalue weighted by atomic mass is 10.1. The Morgan fingerprint density at radius 3 is 2.95 bits per heavy atom. The third-order valence-corrected chi connectivity index (χ3v) is 2.99. The Bertz CT molecular complexity index is 612. The van der Waals surface area contributed by atoms with Crippen LogP contribution >= 0.6 is 0 Å². The van der Waals surface area contributed by atoms with Gasteiger partial charge in [-0.05, 0) is 25.5 Å². The highest BCUT2D eigenvalue weighted by Gasteiger charge is 2.20. The highest BCUT2D eigenvalue weighted by Crippen LogP contribution is 2.20. The summed E-state index contributed by atoms with van der Waals surface area (Å²) in [6, 6.07) is 2.50. The van der Waals surface area contributed by atoms with E-state index in [-0.39, 0.29) is 11.6 Å². The van der Waals surface area contributed by atoms with Gasteiger partial charge in [-0.1, -0.05) is 5.21 Å². The number of benzene rings is 1. The molecule has 0 saturated heterocycles. The molecule has 0 radical (unpaired) electrons. The minimum absolute atomic E-state index is 0.00101. The molecule has 1 unspecified atom stereocenters. The fourth-order valence-electron chi connectivity index (χ4n) is 1.83. The number of aromatic nitrogens is 3. The highest BCUT2D eigenvalue weighted by atomic mass is 19.1. The number of aryl methyl sites for hydroxylation is 1. The number of ether oxygens (including phenoxy) is 1. The molecule has 0 fully saturated rings. The summed E-state index contributed by atoms with van der Waals surface area (Å²) >= 11 is 0. The van der Waals surface area contributed by atoms with E-state index in [9.17, 15) is 9.18 Å². The van der Waals surface area contributed by atoms with Crippen LogP contribution in [0.15, 0.2) is 12.1 Å². The first-order valence-electron chi connectivity index (χ1n) is 5.82. The van der Waals surface area contributed by atoms with E-state index in [2.05, 4.69) is 10.3 Å². The van der Waals surface area contributed by atoms with Crippen LogP contribution in [-0.4, -0.2) is 39.3 Å². The molecule has 102 valence electrons. The second-order valence-corrected chi connectivity index (χ2v) is 4.24. The van der Waals surface area contributed by atoms with Crippen LogP contribution < -0.4 is 0 Å². The van der Waals surface area contributed by atoms with Crippen LogP contribution in [0.5, 0.6) is 0 Å². The zero-order valence-electron chi connectivity index (χ0n) is 10.6. The molecule has 1 aromatic carbocycles. The first-order chi connectivity index (χ1) is 9.04. The molecule has 1 heterocycles. The number of carbonyl (C=O) groups is 1. The highest BCUT2D eigenvalue weighted by molar-refractivity contribution is 6.01. The Balaban J connectivity index is 2.45. The largest absolute Gasteiger partial charge is 0.478 e. The number of hydrogen-bond acceptors (Lipinski definition) is 4. The number of nitrogens with zero attached hydrogens (tertiary/aromatic N) is 3. The second-order valence-electron chi connectivity index (χ2n) is 4.24. The predicted octanol–water partition coefficient (Wildman–Crippen LogP) is 1.69. The molecule has 1 N–H and O–H groups in total. The van der Waals surface area contributed by atoms with Gasteiger partial charge in [-0.2, -0.15) is 0 Å². The van der Waals surface area contributed by atoms with Gasteiger partial charge in [0.05, 0.1) is 6.10 Å². The van der Waals surface area contributed by atoms with E-state index in [0.717, 1.165) is 6.07 Å². The Kier molecular flexibility index (Phi) is 3.75. The molecule has 0 aliphatic heterocycles. The summed E-state index contributed by atoms with van der Waals surface area (Å²) in [5, 5.41) is 16.8. The zero-order valence-corrected chi connectivity index (χ0v) is 10.6. The van der Waals surface area contributed by atoms with Gasteiger partial charge in [-0.15, -0.1) is 5.10 Å². The maximum atomic E-state index is 13.6. The Morgan fingerprint density at radius 1 is 1.58 bits per heavy atom. The lowest BCUT2D eigenvalue weighted by Crippen LogP contribution is -2.12. The molecule has 0 aliphatic carbocycles. The van der Waals surface area contributed by atoms with E-state index in [4.69, 9.17) is 9.84 Å². The van der Waals surface area contributed by atoms with Crippen molar-refractivity contribution in [3.63, 3.8) is 0 Å². The van der Waals surface area contributed by atoms with Gasteiger partial charge in [0, 0.05) is 13.7 Å². The zero-order chi connectivity index (χ0) is 14.0. The third-order valence-electron chi connectivity index (χ3n) is 2.99. The molecule has 2 rings (SSSR count). The van der Waals surface area contributed by atoms with Crippen molar-refractivity contribution in [3.8, 4) is 0 Å². The SMILES string of the molecule is COC(C)CCn1nnc2ccc(F)c(C(=O)O)c21. The topological polar surface area (TPSA) is 77.2 Å². The second kappa shape index (κ2) is 5.31. The molecule has 19 heavy (non-hydrogen) atoms. The summed E-state index contributed by atoms with van der Waals surface area (Å²) < 4.78 is 20.1. The maximum absolute atomic E-state index is 13.6. The van der Waals surface area contributed by atoms with Crippen molar-refractivity contribution < 1.29 is 19.0 Å². The fourth-order valence-corrected chi connectivity index (χ4v) is 1.83. The minimum Gasteiger partial charge on any atom is -0.478 e. The van der Waals surface area contributed by atoms with E-state index in [1.807, 2.05) is 6.92 Å². The molecule has 0 spiro atoms. The number of rotatable bonds is 5. The molecule has 0 saturated carbocycles. The van der Waals surface area contributed by atoms with Crippen LogP contribution in [0.25, 0.3) is 11.0 Å². The molecule has 0 amide bonds. The molecular weight excluding hydrogens is 253 g/mol. The van der Waals surface area contributed by atoms with E-state index >= 15 is 0 Å². The quantitative estimate of drug-likeness (QED) is 0.892. The van der Waals surface area contributed by atoms with Crippen molar-refractivity contribution in [2.75, 3.05) is 7.11 Å². The molecule has 0 aliphatic rings. The van der Waals surface area contributed by atoms with Gasteiger partial charge in [0.2, 0.25) is 0 Å². The summed E-state index contributed by atoms with van der Waals surface area (Å²) in [4.78, 5) is 11.1. The molecular formula is C12H14FN3O3. The Labute approximate surface area is 108 Å². The van der Waals surface area contributed by atoms with Crippen molar-refractivity contribution in [1.82, 2.24) is 15.0 Å². The van der Waals surface area contributed by atoms with Crippen molar-refractivity contribution in [2.24, 2.45) is 0 Å². The molecule has 1 aromatic heterocycles. The first kappa shape index (κ1) is 13.4. The van der Waals surface area contributed by atoms with Gasteiger partial charge in [-0.3, -0.25) is 0 Å². The number of methoxy groups -OCH3 is 1. The Morgan fingerprint density at radius 2 is 2.32 bits per heavy atom. The molecule has 2 aromatic rings. The predicted molar refractivity (Wildman–Crippen MR) is 65.5 cm³/mol. The minimum atomic E-state index is -1.33. The van der Waals surface area contributed by atoms with Crippen LogP contribution in [0, 0.1) is 5.82 Å².